The zero-order chi connectivity index (χ0) is 11.8. The molecule has 3 nitrogen and oxygen atoms in total. The summed E-state index contributed by atoms with van der Waals surface area (Å²) in [7, 11) is -3.37. The molecule has 0 saturated carbocycles. The maximum atomic E-state index is 13.7. The molecule has 0 spiro atoms. The van der Waals surface area contributed by atoms with Crippen molar-refractivity contribution in [2.45, 2.75) is 23.8 Å². The second-order valence-electron chi connectivity index (χ2n) is 4.07. The molecule has 16 heavy (non-hydrogen) atoms. The fourth-order valence-electron chi connectivity index (χ4n) is 2.11. The molecule has 0 bridgehead atoms. The summed E-state index contributed by atoms with van der Waals surface area (Å²) in [5.74, 6) is -0.442. The molecule has 1 N–H and O–H groups in total. The highest BCUT2D eigenvalue weighted by Gasteiger charge is 2.26. The first-order valence-corrected chi connectivity index (χ1v) is 7.11. The van der Waals surface area contributed by atoms with Crippen LogP contribution in [0.5, 0.6) is 0 Å². The number of benzene rings is 1. The van der Waals surface area contributed by atoms with Crippen LogP contribution in [0.1, 0.15) is 24.4 Å². The molecule has 1 aliphatic rings. The molecule has 1 saturated heterocycles. The monoisotopic (exact) mass is 243 g/mol. The van der Waals surface area contributed by atoms with Gasteiger partial charge in [0.2, 0.25) is 0 Å². The summed E-state index contributed by atoms with van der Waals surface area (Å²) in [5.41, 5.74) is 0.294. The lowest BCUT2D eigenvalue weighted by molar-refractivity contribution is 0.541. The van der Waals surface area contributed by atoms with Crippen molar-refractivity contribution >= 4 is 9.84 Å². The lowest BCUT2D eigenvalue weighted by Gasteiger charge is -2.15. The zero-order valence-corrected chi connectivity index (χ0v) is 9.85. The fraction of sp³-hybridized carbons (Fsp3) is 0.455. The highest BCUT2D eigenvalue weighted by molar-refractivity contribution is 7.90. The number of hydrogen-bond acceptors (Lipinski definition) is 3. The molecule has 1 unspecified atom stereocenters. The highest BCUT2D eigenvalue weighted by atomic mass is 32.2. The summed E-state index contributed by atoms with van der Waals surface area (Å²) in [5, 5.41) is 3.12. The molecule has 1 aromatic carbocycles. The van der Waals surface area contributed by atoms with Crippen molar-refractivity contribution in [3.63, 3.8) is 0 Å². The van der Waals surface area contributed by atoms with Crippen molar-refractivity contribution in [2.75, 3.05) is 12.8 Å². The van der Waals surface area contributed by atoms with Gasteiger partial charge in [-0.05, 0) is 31.5 Å². The van der Waals surface area contributed by atoms with E-state index >= 15 is 0 Å². The Labute approximate surface area is 94.6 Å². The van der Waals surface area contributed by atoms with E-state index in [1.54, 1.807) is 0 Å². The Morgan fingerprint density at radius 2 is 2.19 bits per heavy atom. The van der Waals surface area contributed by atoms with Crippen LogP contribution in [0.2, 0.25) is 0 Å². The van der Waals surface area contributed by atoms with Crippen molar-refractivity contribution in [1.29, 1.82) is 0 Å². The molecule has 1 aromatic rings. The van der Waals surface area contributed by atoms with Crippen LogP contribution < -0.4 is 5.32 Å². The molecule has 0 amide bonds. The van der Waals surface area contributed by atoms with Gasteiger partial charge in [-0.25, -0.2) is 12.8 Å². The summed E-state index contributed by atoms with van der Waals surface area (Å²) in [6, 6.07) is 4.04. The van der Waals surface area contributed by atoms with E-state index in [0.717, 1.165) is 25.6 Å². The molecular formula is C11H14FNO2S. The Morgan fingerprint density at radius 1 is 1.44 bits per heavy atom. The topological polar surface area (TPSA) is 46.2 Å². The second-order valence-corrected chi connectivity index (χ2v) is 6.06. The van der Waals surface area contributed by atoms with Crippen LogP contribution in [0.4, 0.5) is 4.39 Å². The summed E-state index contributed by atoms with van der Waals surface area (Å²) in [4.78, 5) is 0.104. The maximum absolute atomic E-state index is 13.7. The summed E-state index contributed by atoms with van der Waals surface area (Å²) >= 11 is 0. The molecule has 0 radical (unpaired) electrons. The molecule has 1 atom stereocenters. The Balaban J connectivity index is 2.57. The molecule has 1 aliphatic heterocycles. The van der Waals surface area contributed by atoms with Gasteiger partial charge in [-0.15, -0.1) is 0 Å². The van der Waals surface area contributed by atoms with E-state index in [1.165, 1.54) is 18.2 Å². The SMILES string of the molecule is CS(=O)(=O)c1cccc(F)c1C1CCCN1. The number of sulfone groups is 1. The van der Waals surface area contributed by atoms with Gasteiger partial charge in [0.25, 0.3) is 0 Å². The first-order chi connectivity index (χ1) is 7.50. The van der Waals surface area contributed by atoms with Gasteiger partial charge >= 0.3 is 0 Å². The highest BCUT2D eigenvalue weighted by Crippen LogP contribution is 2.30. The Hall–Kier alpha value is -0.940. The van der Waals surface area contributed by atoms with E-state index in [-0.39, 0.29) is 10.9 Å². The van der Waals surface area contributed by atoms with Crippen molar-refractivity contribution in [1.82, 2.24) is 5.32 Å². The smallest absolute Gasteiger partial charge is 0.175 e. The third-order valence-electron chi connectivity index (χ3n) is 2.82. The van der Waals surface area contributed by atoms with Crippen LogP contribution in [-0.2, 0) is 9.84 Å². The average molecular weight is 243 g/mol. The number of halogens is 1. The maximum Gasteiger partial charge on any atom is 0.175 e. The van der Waals surface area contributed by atoms with Crippen LogP contribution in [0.15, 0.2) is 23.1 Å². The minimum absolute atomic E-state index is 0.104. The molecular weight excluding hydrogens is 229 g/mol. The zero-order valence-electron chi connectivity index (χ0n) is 9.03. The van der Waals surface area contributed by atoms with Crippen LogP contribution >= 0.6 is 0 Å². The predicted molar refractivity (Wildman–Crippen MR) is 59.5 cm³/mol. The van der Waals surface area contributed by atoms with E-state index in [4.69, 9.17) is 0 Å². The molecule has 0 aromatic heterocycles. The molecule has 1 fully saturated rings. The molecule has 5 heteroatoms. The number of hydrogen-bond donors (Lipinski definition) is 1. The quantitative estimate of drug-likeness (QED) is 0.859. The van der Waals surface area contributed by atoms with Gasteiger partial charge in [-0.1, -0.05) is 6.07 Å². The van der Waals surface area contributed by atoms with Crippen molar-refractivity contribution in [2.24, 2.45) is 0 Å². The third-order valence-corrected chi connectivity index (χ3v) is 3.98. The van der Waals surface area contributed by atoms with Crippen LogP contribution in [0.25, 0.3) is 0 Å². The summed E-state index contributed by atoms with van der Waals surface area (Å²) < 4.78 is 36.9. The van der Waals surface area contributed by atoms with E-state index < -0.39 is 15.7 Å². The average Bonchev–Trinajstić information content (AvgIpc) is 2.68. The normalized spacial score (nSPS) is 21.2. The first kappa shape index (κ1) is 11.5. The third kappa shape index (κ3) is 2.10. The molecule has 2 rings (SSSR count). The van der Waals surface area contributed by atoms with E-state index in [0.29, 0.717) is 5.56 Å². The molecule has 0 aliphatic carbocycles. The Morgan fingerprint density at radius 3 is 2.75 bits per heavy atom. The van der Waals surface area contributed by atoms with Crippen molar-refractivity contribution in [3.8, 4) is 0 Å². The van der Waals surface area contributed by atoms with E-state index in [9.17, 15) is 12.8 Å². The second kappa shape index (κ2) is 4.14. The minimum Gasteiger partial charge on any atom is -0.310 e. The van der Waals surface area contributed by atoms with Gasteiger partial charge in [0.05, 0.1) is 4.90 Å². The Kier molecular flexibility index (Phi) is 2.99. The van der Waals surface area contributed by atoms with Gasteiger partial charge in [0.1, 0.15) is 5.82 Å². The number of rotatable bonds is 2. The standard InChI is InChI=1S/C11H14FNO2S/c1-16(14,15)10-6-2-4-8(12)11(10)9-5-3-7-13-9/h2,4,6,9,13H,3,5,7H2,1H3. The number of nitrogens with one attached hydrogen (secondary N) is 1. The van der Waals surface area contributed by atoms with Gasteiger partial charge in [-0.2, -0.15) is 0 Å². The van der Waals surface area contributed by atoms with Gasteiger partial charge < -0.3 is 5.32 Å². The van der Waals surface area contributed by atoms with Crippen molar-refractivity contribution < 1.29 is 12.8 Å². The summed E-state index contributed by atoms with van der Waals surface area (Å²) in [6.45, 7) is 0.808. The van der Waals surface area contributed by atoms with Crippen molar-refractivity contribution in [3.05, 3.63) is 29.6 Å². The van der Waals surface area contributed by atoms with Crippen LogP contribution in [0.3, 0.4) is 0 Å². The molecule has 88 valence electrons. The van der Waals surface area contributed by atoms with E-state index in [1.807, 2.05) is 0 Å². The largest absolute Gasteiger partial charge is 0.310 e. The first-order valence-electron chi connectivity index (χ1n) is 5.22. The minimum atomic E-state index is -3.37. The summed E-state index contributed by atoms with van der Waals surface area (Å²) in [6.07, 6.45) is 2.84. The Bertz CT molecular complexity index is 493. The van der Waals surface area contributed by atoms with Crippen LogP contribution in [-0.4, -0.2) is 21.2 Å². The fourth-order valence-corrected chi connectivity index (χ4v) is 3.07. The van der Waals surface area contributed by atoms with Gasteiger partial charge in [0.15, 0.2) is 9.84 Å². The predicted octanol–water partition coefficient (Wildman–Crippen LogP) is 1.65. The van der Waals surface area contributed by atoms with Gasteiger partial charge in [-0.3, -0.25) is 0 Å². The van der Waals surface area contributed by atoms with Crippen LogP contribution in [0, 0.1) is 5.82 Å². The molecule has 1 heterocycles. The van der Waals surface area contributed by atoms with E-state index in [2.05, 4.69) is 5.32 Å². The lowest BCUT2D eigenvalue weighted by Crippen LogP contribution is -2.17. The lowest BCUT2D eigenvalue weighted by atomic mass is 10.0. The van der Waals surface area contributed by atoms with Gasteiger partial charge in [0, 0.05) is 17.9 Å².